The number of benzene rings is 2. The van der Waals surface area contributed by atoms with Crippen molar-refractivity contribution in [3.63, 3.8) is 0 Å². The highest BCUT2D eigenvalue weighted by molar-refractivity contribution is 7.89. The molecule has 0 saturated carbocycles. The zero-order valence-electron chi connectivity index (χ0n) is 13.3. The third-order valence-corrected chi connectivity index (χ3v) is 5.18. The number of allylic oxidation sites excluding steroid dienone is 1. The molecule has 24 heavy (non-hydrogen) atoms. The summed E-state index contributed by atoms with van der Waals surface area (Å²) in [6.45, 7) is 0. The summed E-state index contributed by atoms with van der Waals surface area (Å²) in [5.74, 6) is -0.296. The predicted octanol–water partition coefficient (Wildman–Crippen LogP) is 2.70. The van der Waals surface area contributed by atoms with Crippen molar-refractivity contribution in [1.82, 2.24) is 4.31 Å². The van der Waals surface area contributed by atoms with Crippen molar-refractivity contribution in [2.24, 2.45) is 0 Å². The number of carbonyl (C=O) groups is 1. The second kappa shape index (κ2) is 7.21. The van der Waals surface area contributed by atoms with Gasteiger partial charge < -0.3 is 0 Å². The van der Waals surface area contributed by atoms with Crippen molar-refractivity contribution in [2.75, 3.05) is 14.1 Å². The molecule has 0 aromatic heterocycles. The lowest BCUT2D eigenvalue weighted by Crippen LogP contribution is -2.22. The normalized spacial score (nSPS) is 11.6. The molecule has 0 aliphatic carbocycles. The molecule has 0 aliphatic heterocycles. The average Bonchev–Trinajstić information content (AvgIpc) is 2.60. The van der Waals surface area contributed by atoms with Gasteiger partial charge in [0.2, 0.25) is 10.0 Å². The minimum absolute atomic E-state index is 0.0742. The van der Waals surface area contributed by atoms with E-state index in [9.17, 15) is 13.2 Å². The van der Waals surface area contributed by atoms with Crippen LogP contribution in [0.15, 0.2) is 59.5 Å². The van der Waals surface area contributed by atoms with Crippen LogP contribution in [0.4, 0.5) is 0 Å². The number of hydrogen-bond donors (Lipinski definition) is 0. The summed E-state index contributed by atoms with van der Waals surface area (Å²) >= 11 is 0. The number of carbonyl (C=O) groups excluding carboxylic acids is 1. The molecule has 0 N–H and O–H groups in total. The molecule has 0 atom stereocenters. The maximum absolute atomic E-state index is 12.2. The summed E-state index contributed by atoms with van der Waals surface area (Å²) in [4.78, 5) is 12.3. The summed E-state index contributed by atoms with van der Waals surface area (Å²) in [6, 6.07) is 14.7. The van der Waals surface area contributed by atoms with Crippen LogP contribution in [0.25, 0.3) is 6.08 Å². The van der Waals surface area contributed by atoms with Crippen LogP contribution in [-0.4, -0.2) is 32.6 Å². The molecule has 0 fully saturated rings. The van der Waals surface area contributed by atoms with Gasteiger partial charge >= 0.3 is 0 Å². The highest BCUT2D eigenvalue weighted by Gasteiger charge is 2.18. The maximum atomic E-state index is 12.2. The van der Waals surface area contributed by atoms with Gasteiger partial charge in [-0.15, -0.1) is 0 Å². The largest absolute Gasteiger partial charge is 0.289 e. The summed E-state index contributed by atoms with van der Waals surface area (Å²) in [5, 5.41) is 8.75. The first-order valence-electron chi connectivity index (χ1n) is 7.10. The number of nitriles is 1. The van der Waals surface area contributed by atoms with E-state index in [4.69, 9.17) is 5.26 Å². The summed E-state index contributed by atoms with van der Waals surface area (Å²) in [7, 11) is -0.703. The first kappa shape index (κ1) is 17.6. The van der Waals surface area contributed by atoms with Crippen molar-refractivity contribution >= 4 is 21.9 Å². The molecule has 0 aliphatic rings. The van der Waals surface area contributed by atoms with Gasteiger partial charge in [-0.2, -0.15) is 5.26 Å². The fourth-order valence-corrected chi connectivity index (χ4v) is 2.91. The van der Waals surface area contributed by atoms with Crippen molar-refractivity contribution in [2.45, 2.75) is 4.90 Å². The first-order valence-corrected chi connectivity index (χ1v) is 8.54. The zero-order chi connectivity index (χ0) is 17.7. The molecule has 122 valence electrons. The Labute approximate surface area is 141 Å². The van der Waals surface area contributed by atoms with Gasteiger partial charge in [-0.1, -0.05) is 30.3 Å². The van der Waals surface area contributed by atoms with Gasteiger partial charge in [0.25, 0.3) is 0 Å². The molecule has 0 amide bonds. The minimum atomic E-state index is -3.58. The molecule has 2 rings (SSSR count). The maximum Gasteiger partial charge on any atom is 0.242 e. The number of nitrogens with zero attached hydrogens (tertiary/aromatic N) is 2. The lowest BCUT2D eigenvalue weighted by Gasteiger charge is -2.11. The third kappa shape index (κ3) is 3.96. The molecular weight excluding hydrogens is 324 g/mol. The number of ketones is 1. The van der Waals surface area contributed by atoms with E-state index in [-0.39, 0.29) is 10.7 Å². The smallest absolute Gasteiger partial charge is 0.242 e. The lowest BCUT2D eigenvalue weighted by atomic mass is 10.1. The van der Waals surface area contributed by atoms with Gasteiger partial charge in [0.1, 0.15) is 0 Å². The van der Waals surface area contributed by atoms with E-state index >= 15 is 0 Å². The molecule has 0 spiro atoms. The molecule has 0 saturated heterocycles. The predicted molar refractivity (Wildman–Crippen MR) is 91.8 cm³/mol. The van der Waals surface area contributed by atoms with Gasteiger partial charge in [0.15, 0.2) is 5.78 Å². The third-order valence-electron chi connectivity index (χ3n) is 3.36. The highest BCUT2D eigenvalue weighted by Crippen LogP contribution is 2.16. The summed E-state index contributed by atoms with van der Waals surface area (Å²) in [5.41, 5.74) is 1.61. The number of sulfonamides is 1. The summed E-state index contributed by atoms with van der Waals surface area (Å²) < 4.78 is 25.3. The van der Waals surface area contributed by atoms with E-state index in [2.05, 4.69) is 0 Å². The van der Waals surface area contributed by atoms with E-state index in [1.54, 1.807) is 42.5 Å². The fraction of sp³-hybridized carbons (Fsp3) is 0.111. The molecule has 0 heterocycles. The molecule has 6 heteroatoms. The van der Waals surface area contributed by atoms with E-state index < -0.39 is 10.0 Å². The van der Waals surface area contributed by atoms with E-state index in [1.807, 2.05) is 6.07 Å². The Morgan fingerprint density at radius 3 is 2.38 bits per heavy atom. The van der Waals surface area contributed by atoms with Gasteiger partial charge in [-0.3, -0.25) is 4.79 Å². The van der Waals surface area contributed by atoms with Crippen molar-refractivity contribution in [1.29, 1.82) is 5.26 Å². The van der Waals surface area contributed by atoms with Crippen LogP contribution in [0.5, 0.6) is 0 Å². The Hall–Kier alpha value is -2.75. The van der Waals surface area contributed by atoms with Crippen LogP contribution in [0.2, 0.25) is 0 Å². The monoisotopic (exact) mass is 340 g/mol. The van der Waals surface area contributed by atoms with Gasteiger partial charge in [-0.05, 0) is 35.9 Å². The Morgan fingerprint density at radius 1 is 1.12 bits per heavy atom. The van der Waals surface area contributed by atoms with Gasteiger partial charge in [0, 0.05) is 19.7 Å². The second-order valence-electron chi connectivity index (χ2n) is 5.25. The highest BCUT2D eigenvalue weighted by atomic mass is 32.2. The summed E-state index contributed by atoms with van der Waals surface area (Å²) in [6.07, 6.45) is 3.00. The zero-order valence-corrected chi connectivity index (χ0v) is 14.1. The van der Waals surface area contributed by atoms with Crippen molar-refractivity contribution in [3.05, 3.63) is 71.3 Å². The fourth-order valence-electron chi connectivity index (χ4n) is 1.96. The Balaban J connectivity index is 2.24. The molecule has 2 aromatic rings. The topological polar surface area (TPSA) is 78.2 Å². The number of rotatable bonds is 5. The lowest BCUT2D eigenvalue weighted by molar-refractivity contribution is 0.104. The molecule has 2 aromatic carbocycles. The van der Waals surface area contributed by atoms with Crippen LogP contribution >= 0.6 is 0 Å². The Kier molecular flexibility index (Phi) is 5.29. The van der Waals surface area contributed by atoms with Crippen molar-refractivity contribution < 1.29 is 13.2 Å². The van der Waals surface area contributed by atoms with E-state index in [1.165, 1.54) is 32.3 Å². The quantitative estimate of drug-likeness (QED) is 0.619. The van der Waals surface area contributed by atoms with Gasteiger partial charge in [0.05, 0.1) is 16.5 Å². The van der Waals surface area contributed by atoms with Gasteiger partial charge in [-0.25, -0.2) is 12.7 Å². The molecule has 0 unspecified atom stereocenters. The molecule has 0 radical (unpaired) electrons. The molecule has 0 bridgehead atoms. The standard InChI is InChI=1S/C18H16N2O3S/c1-20(2)24(22,23)17-5-3-4-16(12-17)18(21)11-10-14-6-8-15(13-19)9-7-14/h3-12H,1-2H3/b11-10-. The van der Waals surface area contributed by atoms with E-state index in [0.717, 1.165) is 9.87 Å². The van der Waals surface area contributed by atoms with Crippen LogP contribution < -0.4 is 0 Å². The van der Waals surface area contributed by atoms with Crippen LogP contribution in [0, 0.1) is 11.3 Å². The van der Waals surface area contributed by atoms with Crippen molar-refractivity contribution in [3.8, 4) is 6.07 Å². The minimum Gasteiger partial charge on any atom is -0.289 e. The number of hydrogen-bond acceptors (Lipinski definition) is 4. The molecular formula is C18H16N2O3S. The first-order chi connectivity index (χ1) is 11.3. The van der Waals surface area contributed by atoms with Crippen LogP contribution in [0.1, 0.15) is 21.5 Å². The Bertz CT molecular complexity index is 921. The van der Waals surface area contributed by atoms with Crippen LogP contribution in [-0.2, 0) is 10.0 Å². The Morgan fingerprint density at radius 2 is 1.79 bits per heavy atom. The average molecular weight is 340 g/mol. The van der Waals surface area contributed by atoms with Crippen LogP contribution in [0.3, 0.4) is 0 Å². The SMILES string of the molecule is CN(C)S(=O)(=O)c1cccc(C(=O)/C=C\c2ccc(C#N)cc2)c1. The molecule has 5 nitrogen and oxygen atoms in total. The second-order valence-corrected chi connectivity index (χ2v) is 7.40. The van der Waals surface area contributed by atoms with E-state index in [0.29, 0.717) is 11.1 Å².